The number of hydrogen-bond donors (Lipinski definition) is 0. The number of alkyl halides is 2. The minimum atomic E-state index is -2.46. The summed E-state index contributed by atoms with van der Waals surface area (Å²) < 4.78 is 28.6. The average molecular weight is 284 g/mol. The highest BCUT2D eigenvalue weighted by Gasteiger charge is 2.32. The topological polar surface area (TPSA) is 52.1 Å². The number of halogens is 2. The molecule has 0 aliphatic heterocycles. The van der Waals surface area contributed by atoms with Gasteiger partial charge in [-0.15, -0.1) is 0 Å². The van der Waals surface area contributed by atoms with Crippen LogP contribution in [-0.4, -0.2) is 35.4 Å². The van der Waals surface area contributed by atoms with Crippen LogP contribution < -0.4 is 0 Å². The van der Waals surface area contributed by atoms with Gasteiger partial charge in [-0.05, 0) is 11.8 Å². The monoisotopic (exact) mass is 284 g/mol. The zero-order chi connectivity index (χ0) is 14.8. The van der Waals surface area contributed by atoms with Gasteiger partial charge in [0.25, 0.3) is 6.43 Å². The van der Waals surface area contributed by atoms with Gasteiger partial charge in [-0.3, -0.25) is 4.79 Å². The second-order valence-electron chi connectivity index (χ2n) is 5.80. The summed E-state index contributed by atoms with van der Waals surface area (Å²) >= 11 is 0. The molecule has 1 aliphatic rings. The van der Waals surface area contributed by atoms with Crippen LogP contribution in [0, 0.1) is 5.41 Å². The molecule has 0 fully saturated rings. The average Bonchev–Trinajstić information content (AvgIpc) is 2.32. The number of fused-ring (bicyclic) bond motifs is 1. The number of nitrogens with zero attached hydrogens (tertiary/aromatic N) is 2. The predicted octanol–water partition coefficient (Wildman–Crippen LogP) is 2.46. The number of carbonyl (C=O) groups is 1. The van der Waals surface area contributed by atoms with E-state index in [0.29, 0.717) is 24.2 Å². The lowest BCUT2D eigenvalue weighted by Crippen LogP contribution is -2.28. The van der Waals surface area contributed by atoms with Gasteiger partial charge in [0, 0.05) is 19.0 Å². The Morgan fingerprint density at radius 3 is 2.85 bits per heavy atom. The summed E-state index contributed by atoms with van der Waals surface area (Å²) in [6, 6.07) is 0. The van der Waals surface area contributed by atoms with E-state index in [0.717, 1.165) is 12.1 Å². The van der Waals surface area contributed by atoms with Gasteiger partial charge in [-0.2, -0.15) is 0 Å². The molecule has 0 spiro atoms. The highest BCUT2D eigenvalue weighted by molar-refractivity contribution is 5.98. The maximum atomic E-state index is 12.0. The Labute approximate surface area is 116 Å². The van der Waals surface area contributed by atoms with E-state index in [9.17, 15) is 13.6 Å². The minimum absolute atomic E-state index is 0.0664. The van der Waals surface area contributed by atoms with Crippen LogP contribution in [0.1, 0.15) is 42.1 Å². The number of carbonyl (C=O) groups excluding carboxylic acids is 1. The first-order valence-corrected chi connectivity index (χ1v) is 6.61. The van der Waals surface area contributed by atoms with Gasteiger partial charge in [0.2, 0.25) is 0 Å². The second-order valence-corrected chi connectivity index (χ2v) is 5.80. The Hall–Kier alpha value is -1.43. The first kappa shape index (κ1) is 15.0. The lowest BCUT2D eigenvalue weighted by Gasteiger charge is -2.29. The van der Waals surface area contributed by atoms with E-state index in [-0.39, 0.29) is 17.8 Å². The molecule has 6 heteroatoms. The Kier molecular flexibility index (Phi) is 4.42. The summed E-state index contributed by atoms with van der Waals surface area (Å²) in [5, 5.41) is 0. The molecule has 0 radical (unpaired) electrons. The van der Waals surface area contributed by atoms with Gasteiger partial charge in [0.1, 0.15) is 12.4 Å². The summed E-state index contributed by atoms with van der Waals surface area (Å²) in [7, 11) is 0. The molecular weight excluding hydrogens is 266 g/mol. The molecule has 1 heterocycles. The van der Waals surface area contributed by atoms with Crippen molar-refractivity contribution in [1.82, 2.24) is 9.97 Å². The van der Waals surface area contributed by atoms with Crippen molar-refractivity contribution in [3.05, 3.63) is 23.3 Å². The molecular formula is C14H18F2N2O2. The largest absolute Gasteiger partial charge is 0.375 e. The molecule has 2 rings (SSSR count). The fourth-order valence-corrected chi connectivity index (χ4v) is 2.33. The molecule has 0 unspecified atom stereocenters. The molecule has 0 atom stereocenters. The summed E-state index contributed by atoms with van der Waals surface area (Å²) in [5.74, 6) is 0.597. The Morgan fingerprint density at radius 2 is 2.15 bits per heavy atom. The fraction of sp³-hybridized carbons (Fsp3) is 0.643. The summed E-state index contributed by atoms with van der Waals surface area (Å²) in [5.41, 5.74) is 1.24. The van der Waals surface area contributed by atoms with Crippen LogP contribution in [-0.2, 0) is 17.6 Å². The second kappa shape index (κ2) is 5.91. The molecule has 110 valence electrons. The Bertz CT molecular complexity index is 504. The number of ketones is 1. The molecule has 0 bridgehead atoms. The normalized spacial score (nSPS) is 17.4. The van der Waals surface area contributed by atoms with Gasteiger partial charge in [0.15, 0.2) is 5.78 Å². The van der Waals surface area contributed by atoms with E-state index in [4.69, 9.17) is 4.74 Å². The number of ether oxygens (including phenoxy) is 1. The molecule has 1 aromatic heterocycles. The molecule has 0 saturated heterocycles. The first-order chi connectivity index (χ1) is 9.37. The van der Waals surface area contributed by atoms with E-state index < -0.39 is 13.0 Å². The van der Waals surface area contributed by atoms with Crippen LogP contribution in [0.2, 0.25) is 0 Å². The van der Waals surface area contributed by atoms with Crippen LogP contribution >= 0.6 is 0 Å². The molecule has 1 aliphatic carbocycles. The molecule has 0 aromatic carbocycles. The number of Topliss-reactive ketones (excluding diaryl/α,β-unsaturated/α-hetero) is 1. The van der Waals surface area contributed by atoms with Crippen LogP contribution in [0.5, 0.6) is 0 Å². The van der Waals surface area contributed by atoms with Gasteiger partial charge >= 0.3 is 0 Å². The predicted molar refractivity (Wildman–Crippen MR) is 69.0 cm³/mol. The quantitative estimate of drug-likeness (QED) is 0.779. The third kappa shape index (κ3) is 3.79. The van der Waals surface area contributed by atoms with Crippen LogP contribution in [0.15, 0.2) is 6.20 Å². The zero-order valence-corrected chi connectivity index (χ0v) is 11.7. The van der Waals surface area contributed by atoms with E-state index in [2.05, 4.69) is 9.97 Å². The van der Waals surface area contributed by atoms with Crippen molar-refractivity contribution in [2.24, 2.45) is 5.41 Å². The van der Waals surface area contributed by atoms with Crippen molar-refractivity contribution in [2.75, 3.05) is 13.2 Å². The molecule has 4 nitrogen and oxygen atoms in total. The lowest BCUT2D eigenvalue weighted by molar-refractivity contribution is 0.0182. The summed E-state index contributed by atoms with van der Waals surface area (Å²) in [6.07, 6.45) is 0.677. The van der Waals surface area contributed by atoms with E-state index >= 15 is 0 Å². The lowest BCUT2D eigenvalue weighted by atomic mass is 9.76. The van der Waals surface area contributed by atoms with Crippen LogP contribution in [0.25, 0.3) is 0 Å². The highest BCUT2D eigenvalue weighted by Crippen LogP contribution is 2.33. The van der Waals surface area contributed by atoms with Crippen molar-refractivity contribution >= 4 is 5.78 Å². The van der Waals surface area contributed by atoms with Crippen LogP contribution in [0.3, 0.4) is 0 Å². The number of aromatic nitrogens is 2. The van der Waals surface area contributed by atoms with Gasteiger partial charge in [0.05, 0.1) is 17.9 Å². The van der Waals surface area contributed by atoms with E-state index in [1.54, 1.807) is 6.20 Å². The van der Waals surface area contributed by atoms with Crippen molar-refractivity contribution in [2.45, 2.75) is 39.5 Å². The number of hydrogen-bond acceptors (Lipinski definition) is 4. The summed E-state index contributed by atoms with van der Waals surface area (Å²) in [6.45, 7) is 3.64. The van der Waals surface area contributed by atoms with Crippen molar-refractivity contribution in [1.29, 1.82) is 0 Å². The molecule has 0 amide bonds. The van der Waals surface area contributed by atoms with E-state index in [1.165, 1.54) is 0 Å². The van der Waals surface area contributed by atoms with E-state index in [1.807, 2.05) is 13.8 Å². The fourth-order valence-electron chi connectivity index (χ4n) is 2.33. The van der Waals surface area contributed by atoms with Crippen molar-refractivity contribution < 1.29 is 18.3 Å². The first-order valence-electron chi connectivity index (χ1n) is 6.61. The summed E-state index contributed by atoms with van der Waals surface area (Å²) in [4.78, 5) is 20.4. The highest BCUT2D eigenvalue weighted by atomic mass is 19.3. The maximum absolute atomic E-state index is 12.0. The van der Waals surface area contributed by atoms with Crippen LogP contribution in [0.4, 0.5) is 8.78 Å². The standard InChI is InChI=1S/C14H18F2N2O2/c1-14(2)5-10-9(11(19)6-14)7-17-13(18-10)3-4-20-8-12(15)16/h7,12H,3-6,8H2,1-2H3. The van der Waals surface area contributed by atoms with Crippen molar-refractivity contribution in [3.63, 3.8) is 0 Å². The zero-order valence-electron chi connectivity index (χ0n) is 11.7. The SMILES string of the molecule is CC1(C)CC(=O)c2cnc(CCOCC(F)F)nc2C1. The maximum Gasteiger partial charge on any atom is 0.261 e. The number of rotatable bonds is 5. The van der Waals surface area contributed by atoms with Crippen molar-refractivity contribution in [3.8, 4) is 0 Å². The molecule has 20 heavy (non-hydrogen) atoms. The molecule has 0 N–H and O–H groups in total. The third-order valence-electron chi connectivity index (χ3n) is 3.22. The smallest absolute Gasteiger partial charge is 0.261 e. The third-order valence-corrected chi connectivity index (χ3v) is 3.22. The molecule has 1 aromatic rings. The Balaban J connectivity index is 2.02. The van der Waals surface area contributed by atoms with Gasteiger partial charge in [-0.1, -0.05) is 13.8 Å². The minimum Gasteiger partial charge on any atom is -0.375 e. The molecule has 0 saturated carbocycles. The van der Waals surface area contributed by atoms with Gasteiger partial charge in [-0.25, -0.2) is 18.7 Å². The Morgan fingerprint density at radius 1 is 1.40 bits per heavy atom. The van der Waals surface area contributed by atoms with Gasteiger partial charge < -0.3 is 4.74 Å².